The quantitative estimate of drug-likeness (QED) is 0.401. The van der Waals surface area contributed by atoms with Gasteiger partial charge in [-0.3, -0.25) is 14.4 Å². The lowest BCUT2D eigenvalue weighted by Gasteiger charge is -2.31. The zero-order valence-electron chi connectivity index (χ0n) is 21.3. The summed E-state index contributed by atoms with van der Waals surface area (Å²) >= 11 is 12.6. The van der Waals surface area contributed by atoms with E-state index in [0.29, 0.717) is 72.4 Å². The number of amides is 2. The molecule has 1 aliphatic rings. The average Bonchev–Trinajstić information content (AvgIpc) is 2.90. The molecule has 0 aliphatic carbocycles. The van der Waals surface area contributed by atoms with E-state index in [1.807, 2.05) is 6.92 Å². The Morgan fingerprint density at radius 3 is 2.41 bits per heavy atom. The van der Waals surface area contributed by atoms with Gasteiger partial charge in [-0.05, 0) is 50.5 Å². The largest absolute Gasteiger partial charge is 0.466 e. The second-order valence-electron chi connectivity index (χ2n) is 9.08. The molecule has 0 aromatic heterocycles. The maximum Gasteiger partial charge on any atom is 0.309 e. The molecular weight excluding hydrogens is 515 g/mol. The maximum atomic E-state index is 13.4. The zero-order chi connectivity index (χ0) is 26.9. The molecule has 0 bridgehead atoms. The lowest BCUT2D eigenvalue weighted by Crippen LogP contribution is -2.41. The van der Waals surface area contributed by atoms with Gasteiger partial charge in [0, 0.05) is 59.3 Å². The highest BCUT2D eigenvalue weighted by Gasteiger charge is 2.29. The summed E-state index contributed by atoms with van der Waals surface area (Å²) in [4.78, 5) is 41.5. The normalized spacial score (nSPS) is 14.8. The first-order valence-corrected chi connectivity index (χ1v) is 13.5. The molecule has 1 aliphatic heterocycles. The van der Waals surface area contributed by atoms with Crippen molar-refractivity contribution in [2.75, 3.05) is 31.1 Å². The van der Waals surface area contributed by atoms with E-state index in [4.69, 9.17) is 27.9 Å². The number of benzene rings is 2. The molecule has 37 heavy (non-hydrogen) atoms. The molecule has 0 radical (unpaired) electrons. The summed E-state index contributed by atoms with van der Waals surface area (Å²) < 4.78 is 5.09. The Morgan fingerprint density at radius 2 is 1.76 bits per heavy atom. The summed E-state index contributed by atoms with van der Waals surface area (Å²) in [5.41, 5.74) is 1.51. The third-order valence-corrected chi connectivity index (χ3v) is 7.12. The Balaban J connectivity index is 1.70. The van der Waals surface area contributed by atoms with Crippen LogP contribution in [0.4, 0.5) is 5.69 Å². The fraction of sp³-hybridized carbons (Fsp3) is 0.464. The van der Waals surface area contributed by atoms with E-state index in [1.54, 1.807) is 59.2 Å². The molecule has 9 heteroatoms. The molecule has 2 amide bonds. The number of esters is 1. The number of aliphatic hydroxyl groups is 1. The van der Waals surface area contributed by atoms with Gasteiger partial charge in [-0.15, -0.1) is 0 Å². The number of rotatable bonds is 10. The summed E-state index contributed by atoms with van der Waals surface area (Å²) in [6.07, 6.45) is 0.825. The molecule has 1 atom stereocenters. The van der Waals surface area contributed by atoms with Crippen LogP contribution in [-0.4, -0.2) is 54.0 Å². The lowest BCUT2D eigenvalue weighted by molar-refractivity contribution is -0.151. The van der Waals surface area contributed by atoms with Gasteiger partial charge in [-0.2, -0.15) is 0 Å². The minimum atomic E-state index is -1.09. The van der Waals surface area contributed by atoms with Crippen molar-refractivity contribution in [1.29, 1.82) is 0 Å². The Labute approximate surface area is 228 Å². The summed E-state index contributed by atoms with van der Waals surface area (Å²) in [5.74, 6) is -0.720. The Kier molecular flexibility index (Phi) is 10.8. The summed E-state index contributed by atoms with van der Waals surface area (Å²) in [6.45, 7) is 5.45. The van der Waals surface area contributed by atoms with Gasteiger partial charge in [0.2, 0.25) is 11.8 Å². The predicted octanol–water partition coefficient (Wildman–Crippen LogP) is 5.40. The molecule has 200 valence electrons. The van der Waals surface area contributed by atoms with Gasteiger partial charge in [0.05, 0.1) is 12.5 Å². The van der Waals surface area contributed by atoms with Gasteiger partial charge in [0.25, 0.3) is 0 Å². The van der Waals surface area contributed by atoms with Gasteiger partial charge >= 0.3 is 5.97 Å². The lowest BCUT2D eigenvalue weighted by atomic mass is 9.96. The van der Waals surface area contributed by atoms with E-state index in [1.165, 1.54) is 0 Å². The fourth-order valence-corrected chi connectivity index (χ4v) is 5.01. The monoisotopic (exact) mass is 548 g/mol. The van der Waals surface area contributed by atoms with Gasteiger partial charge in [-0.25, -0.2) is 0 Å². The fourth-order valence-electron chi connectivity index (χ4n) is 4.59. The first kappa shape index (κ1) is 29.0. The van der Waals surface area contributed by atoms with Crippen molar-refractivity contribution in [3.8, 4) is 0 Å². The van der Waals surface area contributed by atoms with Crippen molar-refractivity contribution in [1.82, 2.24) is 4.90 Å². The number of likely N-dealkylation sites (tertiary alicyclic amines) is 1. The van der Waals surface area contributed by atoms with Crippen molar-refractivity contribution < 1.29 is 24.2 Å². The van der Waals surface area contributed by atoms with Crippen LogP contribution < -0.4 is 4.90 Å². The standard InChI is InChI=1S/C28H34Cl2N2O5/c1-3-15-32(24-10-9-20(29)18-22(24)27(35)21-7-5-6-8-23(21)30)26(34)12-11-25(33)31-16-13-19(14-17-31)28(36)37-4-2/h5-10,18-19,27,35H,3-4,11-17H2,1-2H3. The third kappa shape index (κ3) is 7.46. The van der Waals surface area contributed by atoms with Crippen LogP contribution in [0.15, 0.2) is 42.5 Å². The number of ether oxygens (including phenoxy) is 1. The van der Waals surface area contributed by atoms with Crippen molar-refractivity contribution in [3.63, 3.8) is 0 Å². The Morgan fingerprint density at radius 1 is 1.05 bits per heavy atom. The second kappa shape index (κ2) is 13.8. The highest BCUT2D eigenvalue weighted by atomic mass is 35.5. The molecule has 2 aromatic carbocycles. The minimum absolute atomic E-state index is 0.0287. The smallest absolute Gasteiger partial charge is 0.309 e. The molecular formula is C28H34Cl2N2O5. The number of piperidine rings is 1. The van der Waals surface area contributed by atoms with Crippen LogP contribution in [0.2, 0.25) is 10.0 Å². The topological polar surface area (TPSA) is 87.2 Å². The van der Waals surface area contributed by atoms with Crippen molar-refractivity contribution in [2.45, 2.75) is 52.1 Å². The zero-order valence-corrected chi connectivity index (χ0v) is 22.8. The van der Waals surface area contributed by atoms with Crippen LogP contribution in [-0.2, 0) is 19.1 Å². The molecule has 1 fully saturated rings. The second-order valence-corrected chi connectivity index (χ2v) is 9.92. The van der Waals surface area contributed by atoms with E-state index in [-0.39, 0.29) is 36.5 Å². The number of nitrogens with zero attached hydrogens (tertiary/aromatic N) is 2. The Bertz CT molecular complexity index is 1100. The van der Waals surface area contributed by atoms with Gasteiger partial charge in [0.15, 0.2) is 0 Å². The number of anilines is 1. The molecule has 1 N–H and O–H groups in total. The third-order valence-electron chi connectivity index (χ3n) is 6.54. The number of halogens is 2. The molecule has 0 saturated carbocycles. The van der Waals surface area contributed by atoms with Crippen LogP contribution in [0, 0.1) is 5.92 Å². The molecule has 1 unspecified atom stereocenters. The molecule has 0 spiro atoms. The first-order chi connectivity index (χ1) is 17.8. The van der Waals surface area contributed by atoms with Crippen LogP contribution in [0.25, 0.3) is 0 Å². The predicted molar refractivity (Wildman–Crippen MR) is 145 cm³/mol. The summed E-state index contributed by atoms with van der Waals surface area (Å²) in [6, 6.07) is 12.0. The van der Waals surface area contributed by atoms with Crippen molar-refractivity contribution in [2.24, 2.45) is 5.92 Å². The number of carbonyl (C=O) groups is 3. The van der Waals surface area contributed by atoms with E-state index in [9.17, 15) is 19.5 Å². The van der Waals surface area contributed by atoms with E-state index in [2.05, 4.69) is 0 Å². The molecule has 1 heterocycles. The highest BCUT2D eigenvalue weighted by Crippen LogP contribution is 2.36. The number of hydrogen-bond acceptors (Lipinski definition) is 5. The molecule has 1 saturated heterocycles. The maximum absolute atomic E-state index is 13.4. The van der Waals surface area contributed by atoms with Crippen molar-refractivity contribution >= 4 is 46.7 Å². The van der Waals surface area contributed by atoms with E-state index >= 15 is 0 Å². The number of hydrogen-bond donors (Lipinski definition) is 1. The van der Waals surface area contributed by atoms with E-state index in [0.717, 1.165) is 0 Å². The van der Waals surface area contributed by atoms with Crippen LogP contribution in [0.1, 0.15) is 63.2 Å². The first-order valence-electron chi connectivity index (χ1n) is 12.7. The molecule has 2 aromatic rings. The highest BCUT2D eigenvalue weighted by molar-refractivity contribution is 6.31. The molecule has 7 nitrogen and oxygen atoms in total. The van der Waals surface area contributed by atoms with Crippen LogP contribution >= 0.6 is 23.2 Å². The molecule has 3 rings (SSSR count). The number of aliphatic hydroxyl groups excluding tert-OH is 1. The SMILES string of the molecule is CCCN(C(=O)CCC(=O)N1CCC(C(=O)OCC)CC1)c1ccc(Cl)cc1C(O)c1ccccc1Cl. The average molecular weight is 549 g/mol. The van der Waals surface area contributed by atoms with Gasteiger partial charge in [0.1, 0.15) is 6.10 Å². The van der Waals surface area contributed by atoms with Gasteiger partial charge in [-0.1, -0.05) is 48.3 Å². The van der Waals surface area contributed by atoms with Crippen LogP contribution in [0.3, 0.4) is 0 Å². The number of carbonyl (C=O) groups excluding carboxylic acids is 3. The summed E-state index contributed by atoms with van der Waals surface area (Å²) in [7, 11) is 0. The Hall–Kier alpha value is -2.61. The van der Waals surface area contributed by atoms with E-state index < -0.39 is 6.10 Å². The minimum Gasteiger partial charge on any atom is -0.466 e. The summed E-state index contributed by atoms with van der Waals surface area (Å²) in [5, 5.41) is 12.0. The van der Waals surface area contributed by atoms with Crippen LogP contribution in [0.5, 0.6) is 0 Å². The van der Waals surface area contributed by atoms with Crippen molar-refractivity contribution in [3.05, 3.63) is 63.6 Å². The van der Waals surface area contributed by atoms with Gasteiger partial charge < -0.3 is 19.6 Å².